The Morgan fingerprint density at radius 1 is 1.53 bits per heavy atom. The molecule has 0 heterocycles. The number of aliphatic hydroxyl groups excluding tert-OH is 1. The monoisotopic (exact) mass is 237 g/mol. The molecule has 0 saturated heterocycles. The van der Waals surface area contributed by atoms with Crippen molar-refractivity contribution in [2.24, 2.45) is 0 Å². The number of carbonyl (C=O) groups is 1. The van der Waals surface area contributed by atoms with Crippen molar-refractivity contribution in [2.45, 2.75) is 32.5 Å². The number of esters is 1. The Morgan fingerprint density at radius 2 is 2.24 bits per heavy atom. The number of rotatable bonds is 5. The summed E-state index contributed by atoms with van der Waals surface area (Å²) in [4.78, 5) is 11.4. The van der Waals surface area contributed by atoms with Crippen LogP contribution in [-0.4, -0.2) is 24.2 Å². The minimum atomic E-state index is -0.862. The van der Waals surface area contributed by atoms with Gasteiger partial charge in [0.2, 0.25) is 0 Å². The standard InChI is InChI=1S/C13H19NO3/c1-4-11(13(16)17-3)14-12(15)10-7-5-6-9(2)8-10/h5-8,11-12,14-15H,4H2,1-3H3/t11-,12?/m1/s1. The van der Waals surface area contributed by atoms with Crippen molar-refractivity contribution in [2.75, 3.05) is 7.11 Å². The van der Waals surface area contributed by atoms with Gasteiger partial charge in [-0.1, -0.05) is 36.8 Å². The molecule has 0 fully saturated rings. The van der Waals surface area contributed by atoms with Crippen LogP contribution in [0.5, 0.6) is 0 Å². The Bertz CT molecular complexity index is 379. The maximum Gasteiger partial charge on any atom is 0.322 e. The lowest BCUT2D eigenvalue weighted by molar-refractivity contribution is -0.144. The highest BCUT2D eigenvalue weighted by atomic mass is 16.5. The lowest BCUT2D eigenvalue weighted by Crippen LogP contribution is -2.39. The molecule has 1 rings (SSSR count). The summed E-state index contributed by atoms with van der Waals surface area (Å²) >= 11 is 0. The molecule has 0 radical (unpaired) electrons. The van der Waals surface area contributed by atoms with Crippen LogP contribution in [0.15, 0.2) is 24.3 Å². The van der Waals surface area contributed by atoms with E-state index in [9.17, 15) is 9.90 Å². The molecule has 4 heteroatoms. The number of carbonyl (C=O) groups excluding carboxylic acids is 1. The van der Waals surface area contributed by atoms with Crippen molar-refractivity contribution in [1.29, 1.82) is 0 Å². The molecule has 0 saturated carbocycles. The van der Waals surface area contributed by atoms with E-state index in [-0.39, 0.29) is 5.97 Å². The average molecular weight is 237 g/mol. The second kappa shape index (κ2) is 6.37. The normalized spacial score (nSPS) is 14.1. The molecule has 0 aliphatic carbocycles. The molecule has 17 heavy (non-hydrogen) atoms. The van der Waals surface area contributed by atoms with Gasteiger partial charge in [-0.2, -0.15) is 0 Å². The Balaban J connectivity index is 2.70. The van der Waals surface area contributed by atoms with Gasteiger partial charge < -0.3 is 9.84 Å². The van der Waals surface area contributed by atoms with Crippen molar-refractivity contribution in [1.82, 2.24) is 5.32 Å². The Labute approximate surface area is 102 Å². The first kappa shape index (κ1) is 13.7. The van der Waals surface area contributed by atoms with E-state index in [1.54, 1.807) is 0 Å². The van der Waals surface area contributed by atoms with Gasteiger partial charge in [0.1, 0.15) is 12.3 Å². The van der Waals surface area contributed by atoms with E-state index >= 15 is 0 Å². The molecule has 0 aliphatic heterocycles. The molecule has 1 aromatic rings. The van der Waals surface area contributed by atoms with Crippen LogP contribution in [0.25, 0.3) is 0 Å². The predicted octanol–water partition coefficient (Wildman–Crippen LogP) is 1.53. The first-order valence-corrected chi connectivity index (χ1v) is 5.67. The average Bonchev–Trinajstić information content (AvgIpc) is 2.34. The zero-order valence-corrected chi connectivity index (χ0v) is 10.4. The summed E-state index contributed by atoms with van der Waals surface area (Å²) < 4.78 is 4.65. The van der Waals surface area contributed by atoms with Gasteiger partial charge in [0.15, 0.2) is 0 Å². The molecule has 0 amide bonds. The summed E-state index contributed by atoms with van der Waals surface area (Å²) in [6.07, 6.45) is -0.297. The summed E-state index contributed by atoms with van der Waals surface area (Å²) in [5.74, 6) is -0.362. The highest BCUT2D eigenvalue weighted by Gasteiger charge is 2.20. The molecule has 2 N–H and O–H groups in total. The van der Waals surface area contributed by atoms with E-state index in [0.717, 1.165) is 11.1 Å². The number of ether oxygens (including phenoxy) is 1. The molecule has 4 nitrogen and oxygen atoms in total. The minimum Gasteiger partial charge on any atom is -0.468 e. The lowest BCUT2D eigenvalue weighted by Gasteiger charge is -2.19. The van der Waals surface area contributed by atoms with Crippen LogP contribution in [0.4, 0.5) is 0 Å². The molecule has 0 aliphatic rings. The predicted molar refractivity (Wildman–Crippen MR) is 65.4 cm³/mol. The van der Waals surface area contributed by atoms with Crippen LogP contribution < -0.4 is 5.32 Å². The maximum atomic E-state index is 11.4. The molecule has 1 aromatic carbocycles. The van der Waals surface area contributed by atoms with Crippen molar-refractivity contribution < 1.29 is 14.6 Å². The number of aliphatic hydroxyl groups is 1. The first-order chi connectivity index (χ1) is 8.08. The van der Waals surface area contributed by atoms with E-state index in [0.29, 0.717) is 6.42 Å². The van der Waals surface area contributed by atoms with Gasteiger partial charge in [0.25, 0.3) is 0 Å². The highest BCUT2D eigenvalue weighted by molar-refractivity contribution is 5.75. The second-order valence-electron chi connectivity index (χ2n) is 3.97. The van der Waals surface area contributed by atoms with Crippen molar-refractivity contribution >= 4 is 5.97 Å². The van der Waals surface area contributed by atoms with Crippen LogP contribution in [0.3, 0.4) is 0 Å². The Morgan fingerprint density at radius 3 is 2.76 bits per heavy atom. The van der Waals surface area contributed by atoms with E-state index in [1.807, 2.05) is 38.1 Å². The Hall–Kier alpha value is -1.39. The minimum absolute atomic E-state index is 0.362. The molecule has 0 aromatic heterocycles. The number of methoxy groups -OCH3 is 1. The summed E-state index contributed by atoms with van der Waals surface area (Å²) in [7, 11) is 1.34. The van der Waals surface area contributed by atoms with Gasteiger partial charge in [-0.05, 0) is 18.9 Å². The zero-order chi connectivity index (χ0) is 12.8. The van der Waals surface area contributed by atoms with Gasteiger partial charge in [0.05, 0.1) is 7.11 Å². The Kier molecular flexibility index (Phi) is 5.12. The van der Waals surface area contributed by atoms with Crippen LogP contribution >= 0.6 is 0 Å². The third-order valence-corrected chi connectivity index (χ3v) is 2.61. The number of hydrogen-bond acceptors (Lipinski definition) is 4. The van der Waals surface area contributed by atoms with Gasteiger partial charge in [0, 0.05) is 0 Å². The van der Waals surface area contributed by atoms with Gasteiger partial charge >= 0.3 is 5.97 Å². The second-order valence-corrected chi connectivity index (χ2v) is 3.97. The summed E-state index contributed by atoms with van der Waals surface area (Å²) in [6, 6.07) is 7.02. The van der Waals surface area contributed by atoms with Crippen molar-refractivity contribution in [3.8, 4) is 0 Å². The summed E-state index contributed by atoms with van der Waals surface area (Å²) in [5, 5.41) is 12.8. The molecule has 0 bridgehead atoms. The van der Waals surface area contributed by atoms with Crippen LogP contribution in [0, 0.1) is 6.92 Å². The van der Waals surface area contributed by atoms with Crippen molar-refractivity contribution in [3.63, 3.8) is 0 Å². The van der Waals surface area contributed by atoms with Crippen LogP contribution in [0.2, 0.25) is 0 Å². The molecular formula is C13H19NO3. The first-order valence-electron chi connectivity index (χ1n) is 5.67. The molecule has 94 valence electrons. The third kappa shape index (κ3) is 3.84. The lowest BCUT2D eigenvalue weighted by atomic mass is 10.1. The van der Waals surface area contributed by atoms with Gasteiger partial charge in [-0.3, -0.25) is 10.1 Å². The summed E-state index contributed by atoms with van der Waals surface area (Å²) in [6.45, 7) is 3.81. The van der Waals surface area contributed by atoms with E-state index in [1.165, 1.54) is 7.11 Å². The third-order valence-electron chi connectivity index (χ3n) is 2.61. The smallest absolute Gasteiger partial charge is 0.322 e. The van der Waals surface area contributed by atoms with Crippen LogP contribution in [-0.2, 0) is 9.53 Å². The van der Waals surface area contributed by atoms with Gasteiger partial charge in [-0.25, -0.2) is 0 Å². The SMILES string of the molecule is CC[C@@H](NC(O)c1cccc(C)c1)C(=O)OC. The zero-order valence-electron chi connectivity index (χ0n) is 10.4. The fourth-order valence-corrected chi connectivity index (χ4v) is 1.62. The maximum absolute atomic E-state index is 11.4. The number of hydrogen-bond donors (Lipinski definition) is 2. The number of benzene rings is 1. The fraction of sp³-hybridized carbons (Fsp3) is 0.462. The van der Waals surface area contributed by atoms with E-state index < -0.39 is 12.3 Å². The highest BCUT2D eigenvalue weighted by Crippen LogP contribution is 2.13. The fourth-order valence-electron chi connectivity index (χ4n) is 1.62. The van der Waals surface area contributed by atoms with Crippen molar-refractivity contribution in [3.05, 3.63) is 35.4 Å². The van der Waals surface area contributed by atoms with E-state index in [2.05, 4.69) is 10.1 Å². The molecular weight excluding hydrogens is 218 g/mol. The molecule has 1 unspecified atom stereocenters. The molecule has 2 atom stereocenters. The summed E-state index contributed by atoms with van der Waals surface area (Å²) in [5.41, 5.74) is 1.81. The quantitative estimate of drug-likeness (QED) is 0.602. The van der Waals surface area contributed by atoms with Crippen LogP contribution in [0.1, 0.15) is 30.7 Å². The van der Waals surface area contributed by atoms with Gasteiger partial charge in [-0.15, -0.1) is 0 Å². The number of nitrogens with one attached hydrogen (secondary N) is 1. The topological polar surface area (TPSA) is 58.6 Å². The van der Waals surface area contributed by atoms with E-state index in [4.69, 9.17) is 0 Å². The molecule has 0 spiro atoms. The largest absolute Gasteiger partial charge is 0.468 e. The number of aryl methyl sites for hydroxylation is 1.